The van der Waals surface area contributed by atoms with Gasteiger partial charge >= 0.3 is 6.18 Å². The van der Waals surface area contributed by atoms with Crippen molar-refractivity contribution < 1.29 is 13.2 Å². The van der Waals surface area contributed by atoms with Gasteiger partial charge in [0.05, 0.1) is 5.56 Å². The minimum Gasteiger partial charge on any atom is -0.345 e. The average Bonchev–Trinajstić information content (AvgIpc) is 2.80. The molecule has 0 unspecified atom stereocenters. The van der Waals surface area contributed by atoms with Gasteiger partial charge < -0.3 is 4.98 Å². The standard InChI is InChI=1S/C12H9F3N2/c1-8(11-16-5-6-17-11)9-3-2-4-10(7-9)12(13,14)15/h2-7H,1H2,(H,16,17). The van der Waals surface area contributed by atoms with Gasteiger partial charge in [-0.2, -0.15) is 13.2 Å². The molecule has 0 saturated heterocycles. The molecule has 2 nitrogen and oxygen atoms in total. The van der Waals surface area contributed by atoms with Gasteiger partial charge in [-0.3, -0.25) is 0 Å². The fraction of sp³-hybridized carbons (Fsp3) is 0.0833. The molecule has 0 saturated carbocycles. The van der Waals surface area contributed by atoms with Crippen molar-refractivity contribution in [1.29, 1.82) is 0 Å². The average molecular weight is 238 g/mol. The van der Waals surface area contributed by atoms with Crippen LogP contribution in [0.15, 0.2) is 43.2 Å². The van der Waals surface area contributed by atoms with Crippen LogP contribution in [0.5, 0.6) is 0 Å². The quantitative estimate of drug-likeness (QED) is 0.852. The molecule has 0 fully saturated rings. The lowest BCUT2D eigenvalue weighted by Gasteiger charge is -2.09. The van der Waals surface area contributed by atoms with Crippen molar-refractivity contribution in [2.24, 2.45) is 0 Å². The second kappa shape index (κ2) is 4.08. The van der Waals surface area contributed by atoms with E-state index in [-0.39, 0.29) is 0 Å². The monoisotopic (exact) mass is 238 g/mol. The first-order valence-electron chi connectivity index (χ1n) is 4.85. The van der Waals surface area contributed by atoms with Crippen molar-refractivity contribution in [3.8, 4) is 0 Å². The maximum Gasteiger partial charge on any atom is 0.416 e. The van der Waals surface area contributed by atoms with Gasteiger partial charge in [0.1, 0.15) is 5.82 Å². The second-order valence-electron chi connectivity index (χ2n) is 3.49. The summed E-state index contributed by atoms with van der Waals surface area (Å²) in [6, 6.07) is 5.01. The molecule has 1 aromatic heterocycles. The van der Waals surface area contributed by atoms with Crippen LogP contribution in [0.25, 0.3) is 5.57 Å². The Morgan fingerprint density at radius 3 is 2.65 bits per heavy atom. The molecule has 2 rings (SSSR count). The highest BCUT2D eigenvalue weighted by atomic mass is 19.4. The number of rotatable bonds is 2. The van der Waals surface area contributed by atoms with Crippen molar-refractivity contribution >= 4 is 5.57 Å². The number of aromatic nitrogens is 2. The summed E-state index contributed by atoms with van der Waals surface area (Å²) in [5, 5.41) is 0. The van der Waals surface area contributed by atoms with Crippen LogP contribution < -0.4 is 0 Å². The van der Waals surface area contributed by atoms with Crippen LogP contribution in [-0.2, 0) is 6.18 Å². The van der Waals surface area contributed by atoms with Gasteiger partial charge in [-0.05, 0) is 17.7 Å². The zero-order valence-electron chi connectivity index (χ0n) is 8.75. The van der Waals surface area contributed by atoms with E-state index in [0.717, 1.165) is 12.1 Å². The van der Waals surface area contributed by atoms with E-state index in [9.17, 15) is 13.2 Å². The molecule has 0 aliphatic heterocycles. The Morgan fingerprint density at radius 2 is 2.06 bits per heavy atom. The van der Waals surface area contributed by atoms with Crippen molar-refractivity contribution in [2.75, 3.05) is 0 Å². The number of H-pyrrole nitrogens is 1. The number of halogens is 3. The number of imidazole rings is 1. The van der Waals surface area contributed by atoms with E-state index in [1.807, 2.05) is 0 Å². The molecule has 1 aromatic carbocycles. The van der Waals surface area contributed by atoms with Crippen molar-refractivity contribution in [1.82, 2.24) is 9.97 Å². The van der Waals surface area contributed by atoms with Crippen LogP contribution in [0.4, 0.5) is 13.2 Å². The Kier molecular flexibility index (Phi) is 2.75. The second-order valence-corrected chi connectivity index (χ2v) is 3.49. The van der Waals surface area contributed by atoms with Gasteiger partial charge in [-0.1, -0.05) is 18.7 Å². The highest BCUT2D eigenvalue weighted by Crippen LogP contribution is 2.31. The van der Waals surface area contributed by atoms with E-state index < -0.39 is 11.7 Å². The van der Waals surface area contributed by atoms with Crippen LogP contribution in [-0.4, -0.2) is 9.97 Å². The van der Waals surface area contributed by atoms with Gasteiger partial charge in [0.25, 0.3) is 0 Å². The lowest BCUT2D eigenvalue weighted by molar-refractivity contribution is -0.137. The minimum absolute atomic E-state index is 0.398. The maximum atomic E-state index is 12.5. The molecule has 0 radical (unpaired) electrons. The Hall–Kier alpha value is -2.04. The topological polar surface area (TPSA) is 28.7 Å². The molecule has 17 heavy (non-hydrogen) atoms. The lowest BCUT2D eigenvalue weighted by Crippen LogP contribution is -2.05. The minimum atomic E-state index is -4.35. The zero-order valence-corrected chi connectivity index (χ0v) is 8.75. The molecule has 1 N–H and O–H groups in total. The third kappa shape index (κ3) is 2.38. The van der Waals surface area contributed by atoms with Gasteiger partial charge in [0, 0.05) is 18.0 Å². The summed E-state index contributed by atoms with van der Waals surface area (Å²) in [7, 11) is 0. The molecular weight excluding hydrogens is 229 g/mol. The number of hydrogen-bond acceptors (Lipinski definition) is 1. The van der Waals surface area contributed by atoms with Crippen molar-refractivity contribution in [3.05, 3.63) is 60.2 Å². The first-order valence-corrected chi connectivity index (χ1v) is 4.85. The maximum absolute atomic E-state index is 12.5. The number of hydrogen-bond donors (Lipinski definition) is 1. The molecular formula is C12H9F3N2. The Morgan fingerprint density at radius 1 is 1.29 bits per heavy atom. The van der Waals surface area contributed by atoms with E-state index in [1.54, 1.807) is 12.3 Å². The number of nitrogens with one attached hydrogen (secondary N) is 1. The highest BCUT2D eigenvalue weighted by molar-refractivity contribution is 5.74. The third-order valence-electron chi connectivity index (χ3n) is 2.32. The van der Waals surface area contributed by atoms with Crippen molar-refractivity contribution in [2.45, 2.75) is 6.18 Å². The fourth-order valence-corrected chi connectivity index (χ4v) is 1.45. The van der Waals surface area contributed by atoms with E-state index in [1.165, 1.54) is 12.3 Å². The van der Waals surface area contributed by atoms with Crippen LogP contribution in [0.2, 0.25) is 0 Å². The smallest absolute Gasteiger partial charge is 0.345 e. The van der Waals surface area contributed by atoms with Crippen LogP contribution in [0.1, 0.15) is 17.0 Å². The molecule has 5 heteroatoms. The van der Waals surface area contributed by atoms with Crippen LogP contribution >= 0.6 is 0 Å². The first kappa shape index (κ1) is 11.4. The first-order chi connectivity index (χ1) is 7.98. The lowest BCUT2D eigenvalue weighted by atomic mass is 10.0. The Labute approximate surface area is 95.8 Å². The molecule has 0 spiro atoms. The number of alkyl halides is 3. The van der Waals surface area contributed by atoms with E-state index >= 15 is 0 Å². The van der Waals surface area contributed by atoms with Gasteiger partial charge in [-0.15, -0.1) is 0 Å². The summed E-state index contributed by atoms with van der Waals surface area (Å²) >= 11 is 0. The van der Waals surface area contributed by atoms with Crippen LogP contribution in [0, 0.1) is 0 Å². The summed E-state index contributed by atoms with van der Waals surface area (Å²) < 4.78 is 37.6. The van der Waals surface area contributed by atoms with Gasteiger partial charge in [0.15, 0.2) is 0 Å². The Balaban J connectivity index is 2.38. The summed E-state index contributed by atoms with van der Waals surface area (Å²) in [5.74, 6) is 0.462. The molecule has 0 amide bonds. The van der Waals surface area contributed by atoms with E-state index in [0.29, 0.717) is 17.0 Å². The number of benzene rings is 1. The van der Waals surface area contributed by atoms with Crippen molar-refractivity contribution in [3.63, 3.8) is 0 Å². The predicted octanol–water partition coefficient (Wildman–Crippen LogP) is 3.49. The summed E-state index contributed by atoms with van der Waals surface area (Å²) in [6.45, 7) is 3.73. The molecule has 0 bridgehead atoms. The normalized spacial score (nSPS) is 11.5. The Bertz CT molecular complexity index is 527. The fourth-order valence-electron chi connectivity index (χ4n) is 1.45. The molecule has 1 heterocycles. The summed E-state index contributed by atoms with van der Waals surface area (Å²) in [6.07, 6.45) is -1.23. The number of aromatic amines is 1. The van der Waals surface area contributed by atoms with E-state index in [4.69, 9.17) is 0 Å². The van der Waals surface area contributed by atoms with E-state index in [2.05, 4.69) is 16.5 Å². The molecule has 2 aromatic rings. The number of nitrogens with zero attached hydrogens (tertiary/aromatic N) is 1. The molecule has 0 aliphatic carbocycles. The molecule has 0 aliphatic rings. The highest BCUT2D eigenvalue weighted by Gasteiger charge is 2.30. The van der Waals surface area contributed by atoms with Crippen LogP contribution in [0.3, 0.4) is 0 Å². The zero-order chi connectivity index (χ0) is 12.5. The summed E-state index contributed by atoms with van der Waals surface area (Å²) in [4.78, 5) is 6.75. The largest absolute Gasteiger partial charge is 0.416 e. The molecule has 88 valence electrons. The SMILES string of the molecule is C=C(c1cccc(C(F)(F)F)c1)c1ncc[nH]1. The summed E-state index contributed by atoms with van der Waals surface area (Å²) in [5.41, 5.74) is 0.138. The predicted molar refractivity (Wildman–Crippen MR) is 58.2 cm³/mol. The molecule has 0 atom stereocenters. The third-order valence-corrected chi connectivity index (χ3v) is 2.32. The van der Waals surface area contributed by atoms with Gasteiger partial charge in [-0.25, -0.2) is 4.98 Å². The van der Waals surface area contributed by atoms with Gasteiger partial charge in [0.2, 0.25) is 0 Å².